The summed E-state index contributed by atoms with van der Waals surface area (Å²) in [6.07, 6.45) is 5.99. The fourth-order valence-electron chi connectivity index (χ4n) is 2.13. The molecule has 94 valence electrons. The molecule has 17 heavy (non-hydrogen) atoms. The highest BCUT2D eigenvalue weighted by Gasteiger charge is 2.35. The van der Waals surface area contributed by atoms with E-state index >= 15 is 0 Å². The van der Waals surface area contributed by atoms with Crippen molar-refractivity contribution in [3.05, 3.63) is 34.6 Å². The van der Waals surface area contributed by atoms with Gasteiger partial charge in [0.1, 0.15) is 5.82 Å². The van der Waals surface area contributed by atoms with Crippen LogP contribution in [0, 0.1) is 5.82 Å². The number of hydrogen-bond acceptors (Lipinski definition) is 2. The molecule has 4 heteroatoms. The highest BCUT2D eigenvalue weighted by molar-refractivity contribution is 8.00. The van der Waals surface area contributed by atoms with Crippen LogP contribution in [0.5, 0.6) is 0 Å². The van der Waals surface area contributed by atoms with E-state index in [1.165, 1.54) is 19.3 Å². The highest BCUT2D eigenvalue weighted by Crippen LogP contribution is 2.42. The first-order valence-electron chi connectivity index (χ1n) is 5.86. The molecule has 1 aliphatic carbocycles. The normalized spacial score (nSPS) is 17.8. The molecular weight excluding hydrogens is 257 g/mol. The average molecular weight is 274 g/mol. The van der Waals surface area contributed by atoms with Gasteiger partial charge in [-0.05, 0) is 25.2 Å². The minimum Gasteiger partial charge on any atom is -0.311 e. The molecule has 1 nitrogen and oxygen atoms in total. The highest BCUT2D eigenvalue weighted by atomic mass is 35.5. The minimum absolute atomic E-state index is 0.201. The van der Waals surface area contributed by atoms with Crippen LogP contribution < -0.4 is 5.32 Å². The second-order valence-corrected chi connectivity index (χ2v) is 6.24. The van der Waals surface area contributed by atoms with Gasteiger partial charge in [0.25, 0.3) is 0 Å². The Balaban J connectivity index is 1.88. The molecule has 0 radical (unpaired) electrons. The standard InChI is InChI=1S/C13H17ClFNS/c1-17-13(6-3-7-13)9-16-8-10-4-2-5-11(14)12(10)15/h2,4-5,16H,3,6-9H2,1H3. The van der Waals surface area contributed by atoms with Gasteiger partial charge in [-0.3, -0.25) is 0 Å². The third-order valence-corrected chi connectivity index (χ3v) is 5.20. The molecule has 1 fully saturated rings. The Morgan fingerprint density at radius 1 is 1.47 bits per heavy atom. The molecular formula is C13H17ClFNS. The maximum atomic E-state index is 13.6. The second kappa shape index (κ2) is 5.59. The van der Waals surface area contributed by atoms with Crippen LogP contribution in [0.2, 0.25) is 5.02 Å². The van der Waals surface area contributed by atoms with Crippen LogP contribution in [-0.4, -0.2) is 17.5 Å². The third kappa shape index (κ3) is 2.95. The van der Waals surface area contributed by atoms with Crippen molar-refractivity contribution in [2.75, 3.05) is 12.8 Å². The Morgan fingerprint density at radius 3 is 2.82 bits per heavy atom. The summed E-state index contributed by atoms with van der Waals surface area (Å²) in [5.74, 6) is -0.298. The molecule has 2 rings (SSSR count). The zero-order valence-corrected chi connectivity index (χ0v) is 11.5. The molecule has 0 atom stereocenters. The van der Waals surface area contributed by atoms with E-state index in [0.717, 1.165) is 6.54 Å². The van der Waals surface area contributed by atoms with Gasteiger partial charge in [0, 0.05) is 23.4 Å². The fraction of sp³-hybridized carbons (Fsp3) is 0.538. The molecule has 1 aliphatic rings. The molecule has 0 amide bonds. The lowest BCUT2D eigenvalue weighted by Gasteiger charge is -2.40. The Bertz CT molecular complexity index is 387. The van der Waals surface area contributed by atoms with Crippen LogP contribution in [-0.2, 0) is 6.54 Å². The van der Waals surface area contributed by atoms with Crippen LogP contribution >= 0.6 is 23.4 Å². The van der Waals surface area contributed by atoms with Gasteiger partial charge in [0.2, 0.25) is 0 Å². The summed E-state index contributed by atoms with van der Waals surface area (Å²) in [5, 5.41) is 3.55. The Kier molecular flexibility index (Phi) is 4.34. The van der Waals surface area contributed by atoms with Crippen molar-refractivity contribution in [1.29, 1.82) is 0 Å². The van der Waals surface area contributed by atoms with Crippen LogP contribution in [0.4, 0.5) is 4.39 Å². The maximum absolute atomic E-state index is 13.6. The largest absolute Gasteiger partial charge is 0.311 e. The quantitative estimate of drug-likeness (QED) is 0.874. The van der Waals surface area contributed by atoms with Crippen LogP contribution in [0.15, 0.2) is 18.2 Å². The average Bonchev–Trinajstić information content (AvgIpc) is 2.28. The van der Waals surface area contributed by atoms with Crippen molar-refractivity contribution >= 4 is 23.4 Å². The van der Waals surface area contributed by atoms with Crippen molar-refractivity contribution in [1.82, 2.24) is 5.32 Å². The SMILES string of the molecule is CSC1(CNCc2cccc(Cl)c2F)CCC1. The van der Waals surface area contributed by atoms with Gasteiger partial charge in [0.05, 0.1) is 5.02 Å². The Labute approximate surface area is 111 Å². The van der Waals surface area contributed by atoms with Crippen LogP contribution in [0.25, 0.3) is 0 Å². The van der Waals surface area contributed by atoms with E-state index in [4.69, 9.17) is 11.6 Å². The number of nitrogens with one attached hydrogen (secondary N) is 1. The van der Waals surface area contributed by atoms with Crippen molar-refractivity contribution < 1.29 is 4.39 Å². The van der Waals surface area contributed by atoms with E-state index in [1.807, 2.05) is 11.8 Å². The monoisotopic (exact) mass is 273 g/mol. The summed E-state index contributed by atoms with van der Waals surface area (Å²) in [4.78, 5) is 0. The summed E-state index contributed by atoms with van der Waals surface area (Å²) in [6.45, 7) is 1.49. The number of rotatable bonds is 5. The predicted molar refractivity (Wildman–Crippen MR) is 73.2 cm³/mol. The van der Waals surface area contributed by atoms with E-state index in [2.05, 4.69) is 11.6 Å². The van der Waals surface area contributed by atoms with E-state index < -0.39 is 0 Å². The molecule has 0 saturated heterocycles. The van der Waals surface area contributed by atoms with Gasteiger partial charge in [0.15, 0.2) is 0 Å². The van der Waals surface area contributed by atoms with E-state index in [0.29, 0.717) is 16.9 Å². The van der Waals surface area contributed by atoms with Crippen molar-refractivity contribution in [2.45, 2.75) is 30.6 Å². The Morgan fingerprint density at radius 2 is 2.24 bits per heavy atom. The van der Waals surface area contributed by atoms with Crippen molar-refractivity contribution in [3.63, 3.8) is 0 Å². The molecule has 1 aromatic rings. The van der Waals surface area contributed by atoms with Gasteiger partial charge in [-0.1, -0.05) is 30.2 Å². The van der Waals surface area contributed by atoms with Gasteiger partial charge in [-0.25, -0.2) is 4.39 Å². The molecule has 0 bridgehead atoms. The lowest BCUT2D eigenvalue weighted by molar-refractivity contribution is 0.344. The van der Waals surface area contributed by atoms with Crippen LogP contribution in [0.3, 0.4) is 0 Å². The van der Waals surface area contributed by atoms with Crippen molar-refractivity contribution in [2.24, 2.45) is 0 Å². The predicted octanol–water partition coefficient (Wildman–Crippen LogP) is 3.85. The first-order valence-corrected chi connectivity index (χ1v) is 7.46. The zero-order valence-electron chi connectivity index (χ0n) is 9.93. The summed E-state index contributed by atoms with van der Waals surface area (Å²) in [5.41, 5.74) is 0.646. The fourth-order valence-corrected chi connectivity index (χ4v) is 3.27. The van der Waals surface area contributed by atoms with Gasteiger partial charge >= 0.3 is 0 Å². The van der Waals surface area contributed by atoms with Crippen molar-refractivity contribution in [3.8, 4) is 0 Å². The van der Waals surface area contributed by atoms with E-state index in [-0.39, 0.29) is 10.8 Å². The molecule has 0 aromatic heterocycles. The summed E-state index contributed by atoms with van der Waals surface area (Å²) in [7, 11) is 0. The van der Waals surface area contributed by atoms with Gasteiger partial charge in [-0.15, -0.1) is 0 Å². The first-order chi connectivity index (χ1) is 8.17. The molecule has 0 unspecified atom stereocenters. The first kappa shape index (κ1) is 13.2. The topological polar surface area (TPSA) is 12.0 Å². The minimum atomic E-state index is -0.298. The smallest absolute Gasteiger partial charge is 0.146 e. The molecule has 1 saturated carbocycles. The molecule has 0 spiro atoms. The summed E-state index contributed by atoms with van der Waals surface area (Å²) >= 11 is 7.66. The molecule has 0 aliphatic heterocycles. The Hall–Kier alpha value is -0.250. The molecule has 1 N–H and O–H groups in total. The second-order valence-electron chi connectivity index (χ2n) is 4.56. The molecule has 1 aromatic carbocycles. The summed E-state index contributed by atoms with van der Waals surface area (Å²) < 4.78 is 14.0. The van der Waals surface area contributed by atoms with Crippen LogP contribution in [0.1, 0.15) is 24.8 Å². The lowest BCUT2D eigenvalue weighted by Crippen LogP contribution is -2.43. The van der Waals surface area contributed by atoms with E-state index in [1.54, 1.807) is 18.2 Å². The number of benzene rings is 1. The number of halogens is 2. The van der Waals surface area contributed by atoms with Gasteiger partial charge < -0.3 is 5.32 Å². The van der Waals surface area contributed by atoms with Gasteiger partial charge in [-0.2, -0.15) is 11.8 Å². The zero-order chi connectivity index (χ0) is 12.3. The maximum Gasteiger partial charge on any atom is 0.146 e. The third-order valence-electron chi connectivity index (χ3n) is 3.49. The molecule has 0 heterocycles. The lowest BCUT2D eigenvalue weighted by atomic mass is 9.84. The van der Waals surface area contributed by atoms with E-state index in [9.17, 15) is 4.39 Å². The number of thioether (sulfide) groups is 1. The number of hydrogen-bond donors (Lipinski definition) is 1. The summed E-state index contributed by atoms with van der Waals surface area (Å²) in [6, 6.07) is 5.15.